The SMILES string of the molecule is Cc1ccc(S(=O)(=O)N2CCC(C(=O)CCCc3ccccc3)CC2)cc1. The Morgan fingerprint density at radius 3 is 2.26 bits per heavy atom. The van der Waals surface area contributed by atoms with Gasteiger partial charge in [0.2, 0.25) is 10.0 Å². The molecule has 1 aliphatic heterocycles. The molecule has 0 amide bonds. The monoisotopic (exact) mass is 385 g/mol. The molecule has 1 saturated heterocycles. The van der Waals surface area contributed by atoms with Crippen molar-refractivity contribution in [3.05, 3.63) is 65.7 Å². The van der Waals surface area contributed by atoms with Gasteiger partial charge in [-0.2, -0.15) is 4.31 Å². The van der Waals surface area contributed by atoms with Gasteiger partial charge in [-0.15, -0.1) is 0 Å². The standard InChI is InChI=1S/C22H27NO3S/c1-18-10-12-21(13-11-18)27(25,26)23-16-14-20(15-17-23)22(24)9-5-8-19-6-3-2-4-7-19/h2-4,6-7,10-13,20H,5,8-9,14-17H2,1H3. The van der Waals surface area contributed by atoms with E-state index in [2.05, 4.69) is 12.1 Å². The summed E-state index contributed by atoms with van der Waals surface area (Å²) in [7, 11) is -3.46. The van der Waals surface area contributed by atoms with Gasteiger partial charge >= 0.3 is 0 Å². The van der Waals surface area contributed by atoms with E-state index in [1.807, 2.05) is 37.3 Å². The lowest BCUT2D eigenvalue weighted by Gasteiger charge is -2.30. The molecule has 3 rings (SSSR count). The Kier molecular flexibility index (Phi) is 6.45. The quantitative estimate of drug-likeness (QED) is 0.724. The van der Waals surface area contributed by atoms with Crippen LogP contribution in [0.3, 0.4) is 0 Å². The van der Waals surface area contributed by atoms with Gasteiger partial charge in [-0.1, -0.05) is 48.0 Å². The van der Waals surface area contributed by atoms with Crippen LogP contribution >= 0.6 is 0 Å². The summed E-state index contributed by atoms with van der Waals surface area (Å²) in [5.41, 5.74) is 2.29. The number of sulfonamides is 1. The molecule has 144 valence electrons. The summed E-state index contributed by atoms with van der Waals surface area (Å²) in [6.07, 6.45) is 3.58. The molecule has 1 fully saturated rings. The first kappa shape index (κ1) is 19.8. The third-order valence-electron chi connectivity index (χ3n) is 5.30. The molecule has 4 nitrogen and oxygen atoms in total. The number of rotatable bonds is 7. The van der Waals surface area contributed by atoms with E-state index in [0.29, 0.717) is 37.2 Å². The summed E-state index contributed by atoms with van der Waals surface area (Å²) < 4.78 is 27.0. The molecular weight excluding hydrogens is 358 g/mol. The van der Waals surface area contributed by atoms with E-state index in [0.717, 1.165) is 18.4 Å². The van der Waals surface area contributed by atoms with Gasteiger partial charge in [0.15, 0.2) is 0 Å². The van der Waals surface area contributed by atoms with Gasteiger partial charge in [-0.25, -0.2) is 8.42 Å². The maximum Gasteiger partial charge on any atom is 0.243 e. The highest BCUT2D eigenvalue weighted by Gasteiger charge is 2.31. The van der Waals surface area contributed by atoms with Gasteiger partial charge < -0.3 is 0 Å². The second-order valence-electron chi connectivity index (χ2n) is 7.30. The van der Waals surface area contributed by atoms with E-state index < -0.39 is 10.0 Å². The Balaban J connectivity index is 1.49. The summed E-state index contributed by atoms with van der Waals surface area (Å²) in [4.78, 5) is 12.8. The number of carbonyl (C=O) groups excluding carboxylic acids is 1. The summed E-state index contributed by atoms with van der Waals surface area (Å²) in [5.74, 6) is 0.267. The third kappa shape index (κ3) is 5.05. The predicted molar refractivity (Wildman–Crippen MR) is 107 cm³/mol. The van der Waals surface area contributed by atoms with Crippen molar-refractivity contribution in [1.82, 2.24) is 4.31 Å². The highest BCUT2D eigenvalue weighted by atomic mass is 32.2. The highest BCUT2D eigenvalue weighted by molar-refractivity contribution is 7.89. The first-order chi connectivity index (χ1) is 13.0. The Hall–Kier alpha value is -1.98. The lowest BCUT2D eigenvalue weighted by atomic mass is 9.90. The van der Waals surface area contributed by atoms with Crippen LogP contribution in [0.2, 0.25) is 0 Å². The molecule has 0 bridgehead atoms. The van der Waals surface area contributed by atoms with Crippen LogP contribution in [0.5, 0.6) is 0 Å². The molecule has 2 aromatic rings. The molecule has 1 aliphatic rings. The molecule has 0 aliphatic carbocycles. The zero-order valence-electron chi connectivity index (χ0n) is 15.8. The van der Waals surface area contributed by atoms with Crippen molar-refractivity contribution in [3.63, 3.8) is 0 Å². The minimum atomic E-state index is -3.46. The zero-order valence-corrected chi connectivity index (χ0v) is 16.6. The van der Waals surface area contributed by atoms with Crippen LogP contribution in [0.15, 0.2) is 59.5 Å². The largest absolute Gasteiger partial charge is 0.299 e. The summed E-state index contributed by atoms with van der Waals surface area (Å²) in [6, 6.07) is 17.1. The summed E-state index contributed by atoms with van der Waals surface area (Å²) in [5, 5.41) is 0. The van der Waals surface area contributed by atoms with Crippen molar-refractivity contribution in [2.24, 2.45) is 5.92 Å². The zero-order chi connectivity index (χ0) is 19.3. The van der Waals surface area contributed by atoms with Crippen molar-refractivity contribution < 1.29 is 13.2 Å². The number of piperidine rings is 1. The fraction of sp³-hybridized carbons (Fsp3) is 0.409. The average Bonchev–Trinajstić information content (AvgIpc) is 2.69. The second-order valence-corrected chi connectivity index (χ2v) is 9.23. The van der Waals surface area contributed by atoms with E-state index in [1.165, 1.54) is 9.87 Å². The maximum absolute atomic E-state index is 12.7. The van der Waals surface area contributed by atoms with Gasteiger partial charge in [0.1, 0.15) is 5.78 Å². The van der Waals surface area contributed by atoms with Crippen molar-refractivity contribution in [2.75, 3.05) is 13.1 Å². The van der Waals surface area contributed by atoms with E-state index in [9.17, 15) is 13.2 Å². The van der Waals surface area contributed by atoms with Crippen LogP contribution < -0.4 is 0 Å². The lowest BCUT2D eigenvalue weighted by Crippen LogP contribution is -2.40. The fourth-order valence-electron chi connectivity index (χ4n) is 3.59. The van der Waals surface area contributed by atoms with Gasteiger partial charge in [-0.05, 0) is 50.3 Å². The predicted octanol–water partition coefficient (Wildman–Crippen LogP) is 3.99. The number of aryl methyl sites for hydroxylation is 2. The lowest BCUT2D eigenvalue weighted by molar-refractivity contribution is -0.124. The van der Waals surface area contributed by atoms with Crippen LogP contribution in [0.25, 0.3) is 0 Å². The topological polar surface area (TPSA) is 54.5 Å². The number of carbonyl (C=O) groups is 1. The van der Waals surface area contributed by atoms with Crippen LogP contribution in [0, 0.1) is 12.8 Å². The molecule has 0 atom stereocenters. The van der Waals surface area contributed by atoms with Gasteiger partial charge in [0.05, 0.1) is 4.90 Å². The highest BCUT2D eigenvalue weighted by Crippen LogP contribution is 2.25. The summed E-state index contributed by atoms with van der Waals surface area (Å²) >= 11 is 0. The normalized spacial score (nSPS) is 16.3. The Morgan fingerprint density at radius 1 is 1.00 bits per heavy atom. The van der Waals surface area contributed by atoms with Crippen LogP contribution in [-0.2, 0) is 21.2 Å². The first-order valence-electron chi connectivity index (χ1n) is 9.60. The molecule has 2 aromatic carbocycles. The van der Waals surface area contributed by atoms with Crippen LogP contribution in [-0.4, -0.2) is 31.6 Å². The number of benzene rings is 2. The van der Waals surface area contributed by atoms with Crippen LogP contribution in [0.1, 0.15) is 36.8 Å². The number of Topliss-reactive ketones (excluding diaryl/α,β-unsaturated/α-hetero) is 1. The minimum Gasteiger partial charge on any atom is -0.299 e. The van der Waals surface area contributed by atoms with Gasteiger partial charge in [-0.3, -0.25) is 4.79 Å². The van der Waals surface area contributed by atoms with E-state index >= 15 is 0 Å². The third-order valence-corrected chi connectivity index (χ3v) is 7.21. The van der Waals surface area contributed by atoms with Crippen molar-refractivity contribution in [1.29, 1.82) is 0 Å². The maximum atomic E-state index is 12.7. The molecule has 0 unspecified atom stereocenters. The van der Waals surface area contributed by atoms with Crippen molar-refractivity contribution in [2.45, 2.75) is 43.9 Å². The first-order valence-corrected chi connectivity index (χ1v) is 11.0. The number of hydrogen-bond acceptors (Lipinski definition) is 3. The Labute approximate surface area is 162 Å². The van der Waals surface area contributed by atoms with Crippen molar-refractivity contribution in [3.8, 4) is 0 Å². The molecule has 5 heteroatoms. The Morgan fingerprint density at radius 2 is 1.63 bits per heavy atom. The van der Waals surface area contributed by atoms with E-state index in [-0.39, 0.29) is 11.7 Å². The molecule has 0 radical (unpaired) electrons. The van der Waals surface area contributed by atoms with Gasteiger partial charge in [0.25, 0.3) is 0 Å². The van der Waals surface area contributed by atoms with E-state index in [4.69, 9.17) is 0 Å². The summed E-state index contributed by atoms with van der Waals surface area (Å²) in [6.45, 7) is 2.78. The molecule has 0 saturated carbocycles. The van der Waals surface area contributed by atoms with Crippen molar-refractivity contribution >= 4 is 15.8 Å². The molecule has 1 heterocycles. The number of ketones is 1. The van der Waals surface area contributed by atoms with E-state index in [1.54, 1.807) is 12.1 Å². The smallest absolute Gasteiger partial charge is 0.243 e. The molecule has 0 spiro atoms. The minimum absolute atomic E-state index is 0.00904. The second kappa shape index (κ2) is 8.81. The molecule has 0 aromatic heterocycles. The number of hydrogen-bond donors (Lipinski definition) is 0. The fourth-order valence-corrected chi connectivity index (χ4v) is 5.06. The average molecular weight is 386 g/mol. The Bertz CT molecular complexity index is 852. The molecule has 27 heavy (non-hydrogen) atoms. The van der Waals surface area contributed by atoms with Gasteiger partial charge in [0, 0.05) is 25.4 Å². The van der Waals surface area contributed by atoms with Crippen LogP contribution in [0.4, 0.5) is 0 Å². The molecule has 0 N–H and O–H groups in total. The number of nitrogens with zero attached hydrogens (tertiary/aromatic N) is 1. The molecular formula is C22H27NO3S.